The highest BCUT2D eigenvalue weighted by molar-refractivity contribution is 7.17. The van der Waals surface area contributed by atoms with Gasteiger partial charge in [-0.25, -0.2) is 0 Å². The molecule has 0 unspecified atom stereocenters. The molecule has 3 rings (SSSR count). The molecule has 0 aliphatic rings. The lowest BCUT2D eigenvalue weighted by Gasteiger charge is -2.15. The fourth-order valence-electron chi connectivity index (χ4n) is 2.72. The highest BCUT2D eigenvalue weighted by Crippen LogP contribution is 2.29. The number of aliphatic hydroxyl groups excluding tert-OH is 1. The van der Waals surface area contributed by atoms with Crippen LogP contribution in [0.15, 0.2) is 60.0 Å². The molecule has 0 saturated heterocycles. The van der Waals surface area contributed by atoms with E-state index in [2.05, 4.69) is 10.6 Å². The normalized spacial score (nSPS) is 13.2. The number of hydrogen-bond donors (Lipinski definition) is 3. The van der Waals surface area contributed by atoms with Crippen molar-refractivity contribution in [2.75, 3.05) is 6.54 Å². The van der Waals surface area contributed by atoms with Crippen molar-refractivity contribution in [2.24, 2.45) is 0 Å². The van der Waals surface area contributed by atoms with Crippen molar-refractivity contribution in [2.45, 2.75) is 19.1 Å². The zero-order chi connectivity index (χ0) is 18.5. The Morgan fingerprint density at radius 2 is 1.73 bits per heavy atom. The van der Waals surface area contributed by atoms with E-state index in [1.807, 2.05) is 66.9 Å². The molecule has 3 N–H and O–H groups in total. The molecular formula is C20H20N2O3S. The smallest absolute Gasteiger partial charge is 0.309 e. The van der Waals surface area contributed by atoms with Crippen LogP contribution >= 0.6 is 11.3 Å². The van der Waals surface area contributed by atoms with Crippen LogP contribution in [0.3, 0.4) is 0 Å². The molecule has 2 atom stereocenters. The Bertz CT molecular complexity index is 908. The van der Waals surface area contributed by atoms with E-state index in [1.54, 1.807) is 0 Å². The molecule has 26 heavy (non-hydrogen) atoms. The molecule has 1 aromatic heterocycles. The Morgan fingerprint density at radius 3 is 2.50 bits per heavy atom. The van der Waals surface area contributed by atoms with Crippen molar-refractivity contribution in [1.82, 2.24) is 10.6 Å². The van der Waals surface area contributed by atoms with Crippen LogP contribution < -0.4 is 10.6 Å². The monoisotopic (exact) mass is 368 g/mol. The maximum atomic E-state index is 12.0. The molecular weight excluding hydrogens is 348 g/mol. The first-order valence-electron chi connectivity index (χ1n) is 8.34. The second-order valence-corrected chi connectivity index (χ2v) is 6.93. The molecule has 0 aliphatic carbocycles. The Kier molecular flexibility index (Phi) is 5.65. The molecule has 0 fully saturated rings. The molecule has 134 valence electrons. The maximum absolute atomic E-state index is 12.0. The van der Waals surface area contributed by atoms with E-state index in [1.165, 1.54) is 11.3 Å². The Labute approximate surface area is 155 Å². The molecule has 0 aliphatic heterocycles. The minimum atomic E-state index is -0.866. The number of carbonyl (C=O) groups is 2. The summed E-state index contributed by atoms with van der Waals surface area (Å²) in [6.45, 7) is 1.79. The quantitative estimate of drug-likeness (QED) is 0.606. The van der Waals surface area contributed by atoms with E-state index >= 15 is 0 Å². The number of hydrogen-bond acceptors (Lipinski definition) is 4. The molecule has 2 amide bonds. The van der Waals surface area contributed by atoms with Crippen molar-refractivity contribution < 1.29 is 14.7 Å². The lowest BCUT2D eigenvalue weighted by molar-refractivity contribution is -0.139. The van der Waals surface area contributed by atoms with Gasteiger partial charge in [-0.15, -0.1) is 11.3 Å². The van der Waals surface area contributed by atoms with Gasteiger partial charge in [-0.1, -0.05) is 48.5 Å². The van der Waals surface area contributed by atoms with Gasteiger partial charge in [0.1, 0.15) is 0 Å². The van der Waals surface area contributed by atoms with Crippen LogP contribution in [0.25, 0.3) is 10.1 Å². The Balaban J connectivity index is 1.55. The summed E-state index contributed by atoms with van der Waals surface area (Å²) in [4.78, 5) is 24.1. The summed E-state index contributed by atoms with van der Waals surface area (Å²) in [7, 11) is 0. The summed E-state index contributed by atoms with van der Waals surface area (Å²) in [5.41, 5.74) is 1.67. The largest absolute Gasteiger partial charge is 0.387 e. The zero-order valence-corrected chi connectivity index (χ0v) is 15.1. The third-order valence-corrected chi connectivity index (χ3v) is 5.16. The second kappa shape index (κ2) is 8.12. The van der Waals surface area contributed by atoms with Crippen molar-refractivity contribution >= 4 is 33.2 Å². The third kappa shape index (κ3) is 4.09. The summed E-state index contributed by atoms with van der Waals surface area (Å²) < 4.78 is 1.07. The average Bonchev–Trinajstić information content (AvgIpc) is 3.10. The first-order chi connectivity index (χ1) is 12.6. The van der Waals surface area contributed by atoms with E-state index in [9.17, 15) is 14.7 Å². The Morgan fingerprint density at radius 1 is 1.04 bits per heavy atom. The standard InChI is InChI=1S/C20H20N2O3S/c1-13(14-7-3-2-4-8-14)22-20(25)19(24)21-11-17(23)16-12-26-18-10-6-5-9-15(16)18/h2-10,12-13,17,23H,11H2,1H3,(H,21,24)(H,22,25)/t13-,17-/m0/s1. The number of amides is 2. The number of rotatable bonds is 5. The van der Waals surface area contributed by atoms with Gasteiger partial charge in [0, 0.05) is 16.8 Å². The van der Waals surface area contributed by atoms with Crippen molar-refractivity contribution in [3.8, 4) is 0 Å². The molecule has 3 aromatic rings. The van der Waals surface area contributed by atoms with Crippen LogP contribution in [0.2, 0.25) is 0 Å². The predicted molar refractivity (Wildman–Crippen MR) is 103 cm³/mol. The second-order valence-electron chi connectivity index (χ2n) is 6.02. The van der Waals surface area contributed by atoms with Crippen LogP contribution in [-0.2, 0) is 9.59 Å². The van der Waals surface area contributed by atoms with Crippen LogP contribution in [0.4, 0.5) is 0 Å². The van der Waals surface area contributed by atoms with Crippen LogP contribution in [0.1, 0.15) is 30.2 Å². The summed E-state index contributed by atoms with van der Waals surface area (Å²) in [5.74, 6) is -1.48. The predicted octanol–water partition coefficient (Wildman–Crippen LogP) is 2.93. The SMILES string of the molecule is C[C@H](NC(=O)C(=O)NC[C@H](O)c1csc2ccccc12)c1ccccc1. The number of benzene rings is 2. The van der Waals surface area contributed by atoms with E-state index in [0.29, 0.717) is 0 Å². The van der Waals surface area contributed by atoms with Gasteiger partial charge in [-0.05, 0) is 29.3 Å². The lowest BCUT2D eigenvalue weighted by Crippen LogP contribution is -2.42. The molecule has 0 saturated carbocycles. The van der Waals surface area contributed by atoms with Gasteiger partial charge in [-0.2, -0.15) is 0 Å². The number of fused-ring (bicyclic) bond motifs is 1. The van der Waals surface area contributed by atoms with Crippen LogP contribution in [-0.4, -0.2) is 23.5 Å². The zero-order valence-electron chi connectivity index (χ0n) is 14.3. The van der Waals surface area contributed by atoms with E-state index in [4.69, 9.17) is 0 Å². The maximum Gasteiger partial charge on any atom is 0.309 e. The highest BCUT2D eigenvalue weighted by atomic mass is 32.1. The number of nitrogens with one attached hydrogen (secondary N) is 2. The topological polar surface area (TPSA) is 78.4 Å². The molecule has 2 aromatic carbocycles. The minimum Gasteiger partial charge on any atom is -0.387 e. The van der Waals surface area contributed by atoms with E-state index < -0.39 is 17.9 Å². The van der Waals surface area contributed by atoms with Crippen molar-refractivity contribution in [3.05, 3.63) is 71.1 Å². The summed E-state index contributed by atoms with van der Waals surface area (Å²) in [6, 6.07) is 16.9. The molecule has 0 spiro atoms. The lowest BCUT2D eigenvalue weighted by atomic mass is 10.1. The van der Waals surface area contributed by atoms with Gasteiger partial charge in [0.05, 0.1) is 12.1 Å². The van der Waals surface area contributed by atoms with Gasteiger partial charge in [-0.3, -0.25) is 9.59 Å². The van der Waals surface area contributed by atoms with Gasteiger partial charge in [0.2, 0.25) is 0 Å². The third-order valence-electron chi connectivity index (χ3n) is 4.18. The highest BCUT2D eigenvalue weighted by Gasteiger charge is 2.19. The molecule has 0 bridgehead atoms. The number of carbonyl (C=O) groups excluding carboxylic acids is 2. The fraction of sp³-hybridized carbons (Fsp3) is 0.200. The minimum absolute atomic E-state index is 0.0211. The van der Waals surface area contributed by atoms with Crippen molar-refractivity contribution in [1.29, 1.82) is 0 Å². The van der Waals surface area contributed by atoms with Crippen molar-refractivity contribution in [3.63, 3.8) is 0 Å². The fourth-order valence-corrected chi connectivity index (χ4v) is 3.73. The number of aliphatic hydroxyl groups is 1. The first kappa shape index (κ1) is 18.1. The molecule has 6 heteroatoms. The first-order valence-corrected chi connectivity index (χ1v) is 9.22. The van der Waals surface area contributed by atoms with Gasteiger partial charge < -0.3 is 15.7 Å². The van der Waals surface area contributed by atoms with Crippen LogP contribution in [0.5, 0.6) is 0 Å². The molecule has 0 radical (unpaired) electrons. The molecule has 1 heterocycles. The van der Waals surface area contributed by atoms with Gasteiger partial charge in [0.15, 0.2) is 0 Å². The molecule has 5 nitrogen and oxygen atoms in total. The Hall–Kier alpha value is -2.70. The van der Waals surface area contributed by atoms with Crippen LogP contribution in [0, 0.1) is 0 Å². The summed E-state index contributed by atoms with van der Waals surface area (Å²) in [5, 5.41) is 18.3. The number of thiophene rings is 1. The average molecular weight is 368 g/mol. The van der Waals surface area contributed by atoms with Gasteiger partial charge in [0.25, 0.3) is 0 Å². The summed E-state index contributed by atoms with van der Waals surface area (Å²) in [6.07, 6.45) is -0.866. The van der Waals surface area contributed by atoms with E-state index in [0.717, 1.165) is 21.2 Å². The van der Waals surface area contributed by atoms with E-state index in [-0.39, 0.29) is 12.6 Å². The summed E-state index contributed by atoms with van der Waals surface area (Å²) >= 11 is 1.54. The van der Waals surface area contributed by atoms with Gasteiger partial charge >= 0.3 is 11.8 Å².